The number of carbonyl (C=O) groups excluding carboxylic acids is 2. The zero-order valence-electron chi connectivity index (χ0n) is 13.9. The van der Waals surface area contributed by atoms with Crippen molar-refractivity contribution in [2.75, 3.05) is 6.61 Å². The second-order valence-corrected chi connectivity index (χ2v) is 6.88. The SMILES string of the molecule is CC1(C)CC2/C(=C(/COC(N)=O)c3ccccn3)C(=O)N2[C@H]1C(=O)O. The topological polar surface area (TPSA) is 123 Å². The molecule has 8 heteroatoms. The van der Waals surface area contributed by atoms with E-state index in [1.165, 1.54) is 4.90 Å². The van der Waals surface area contributed by atoms with Crippen LogP contribution in [0, 0.1) is 5.41 Å². The first-order chi connectivity index (χ1) is 11.7. The first kappa shape index (κ1) is 16.9. The molecule has 2 saturated heterocycles. The van der Waals surface area contributed by atoms with Crippen LogP contribution in [0.1, 0.15) is 26.0 Å². The van der Waals surface area contributed by atoms with Gasteiger partial charge in [0.05, 0.1) is 11.7 Å². The zero-order chi connectivity index (χ0) is 18.4. The van der Waals surface area contributed by atoms with Crippen molar-refractivity contribution >= 4 is 23.5 Å². The Morgan fingerprint density at radius 1 is 1.44 bits per heavy atom. The summed E-state index contributed by atoms with van der Waals surface area (Å²) in [6.45, 7) is 3.47. The average Bonchev–Trinajstić information content (AvgIpc) is 2.79. The molecule has 1 aromatic heterocycles. The van der Waals surface area contributed by atoms with Gasteiger partial charge >= 0.3 is 12.1 Å². The highest BCUT2D eigenvalue weighted by Gasteiger charge is 2.61. The summed E-state index contributed by atoms with van der Waals surface area (Å²) in [6, 6.07) is 3.98. The Labute approximate surface area is 144 Å². The molecule has 0 spiro atoms. The Morgan fingerprint density at radius 3 is 2.72 bits per heavy atom. The molecule has 3 N–H and O–H groups in total. The number of amides is 2. The van der Waals surface area contributed by atoms with Gasteiger partial charge in [-0.25, -0.2) is 9.59 Å². The minimum absolute atomic E-state index is 0.185. The molecule has 2 amide bonds. The van der Waals surface area contributed by atoms with Gasteiger partial charge in [-0.1, -0.05) is 19.9 Å². The lowest BCUT2D eigenvalue weighted by Gasteiger charge is -2.41. The molecule has 0 bridgehead atoms. The van der Waals surface area contributed by atoms with E-state index in [9.17, 15) is 19.5 Å². The Bertz CT molecular complexity index is 772. The van der Waals surface area contributed by atoms with Gasteiger partial charge in [-0.15, -0.1) is 0 Å². The van der Waals surface area contributed by atoms with Crippen LogP contribution in [0.3, 0.4) is 0 Å². The van der Waals surface area contributed by atoms with Gasteiger partial charge < -0.3 is 20.5 Å². The second-order valence-electron chi connectivity index (χ2n) is 6.88. The number of carboxylic acids is 1. The zero-order valence-corrected chi connectivity index (χ0v) is 13.9. The van der Waals surface area contributed by atoms with E-state index in [2.05, 4.69) is 4.98 Å². The van der Waals surface area contributed by atoms with Crippen molar-refractivity contribution < 1.29 is 24.2 Å². The van der Waals surface area contributed by atoms with E-state index in [4.69, 9.17) is 10.5 Å². The van der Waals surface area contributed by atoms with E-state index in [0.29, 0.717) is 23.3 Å². The van der Waals surface area contributed by atoms with Gasteiger partial charge in [-0.3, -0.25) is 9.78 Å². The molecular weight excluding hydrogens is 326 g/mol. The van der Waals surface area contributed by atoms with Crippen molar-refractivity contribution in [1.82, 2.24) is 9.88 Å². The lowest BCUT2D eigenvalue weighted by Crippen LogP contribution is -2.58. The number of aromatic nitrogens is 1. The number of hydrogen-bond donors (Lipinski definition) is 2. The Kier molecular flexibility index (Phi) is 3.98. The number of carbonyl (C=O) groups is 3. The molecule has 0 aliphatic carbocycles. The van der Waals surface area contributed by atoms with E-state index in [-0.39, 0.29) is 18.6 Å². The number of ether oxygens (including phenoxy) is 1. The van der Waals surface area contributed by atoms with Crippen LogP contribution in [0.5, 0.6) is 0 Å². The monoisotopic (exact) mass is 345 g/mol. The van der Waals surface area contributed by atoms with Crippen molar-refractivity contribution in [1.29, 1.82) is 0 Å². The van der Waals surface area contributed by atoms with E-state index < -0.39 is 23.5 Å². The highest BCUT2D eigenvalue weighted by Crippen LogP contribution is 2.50. The lowest BCUT2D eigenvalue weighted by molar-refractivity contribution is -0.154. The average molecular weight is 345 g/mol. The van der Waals surface area contributed by atoms with Crippen LogP contribution in [-0.4, -0.2) is 51.7 Å². The van der Waals surface area contributed by atoms with Crippen molar-refractivity contribution in [3.63, 3.8) is 0 Å². The summed E-state index contributed by atoms with van der Waals surface area (Å²) in [5, 5.41) is 9.50. The molecule has 0 aromatic carbocycles. The highest BCUT2D eigenvalue weighted by molar-refractivity contribution is 6.10. The molecule has 2 fully saturated rings. The van der Waals surface area contributed by atoms with E-state index >= 15 is 0 Å². The van der Waals surface area contributed by atoms with Gasteiger partial charge in [0.25, 0.3) is 5.91 Å². The van der Waals surface area contributed by atoms with Gasteiger partial charge in [0.1, 0.15) is 12.6 Å². The molecule has 132 valence electrons. The minimum atomic E-state index is -1.02. The predicted molar refractivity (Wildman–Crippen MR) is 87.1 cm³/mol. The maximum atomic E-state index is 12.7. The third-order valence-electron chi connectivity index (χ3n) is 4.76. The number of carboxylic acid groups (broad SMARTS) is 1. The fourth-order valence-corrected chi connectivity index (χ4v) is 3.74. The first-order valence-corrected chi connectivity index (χ1v) is 7.86. The van der Waals surface area contributed by atoms with Crippen LogP contribution in [0.25, 0.3) is 5.57 Å². The molecule has 25 heavy (non-hydrogen) atoms. The number of aliphatic carboxylic acids is 1. The summed E-state index contributed by atoms with van der Waals surface area (Å²) in [5.41, 5.74) is 5.90. The fourth-order valence-electron chi connectivity index (χ4n) is 3.74. The molecular formula is C17H19N3O5. The quantitative estimate of drug-likeness (QED) is 0.620. The molecule has 8 nitrogen and oxygen atoms in total. The van der Waals surface area contributed by atoms with Crippen LogP contribution in [0.2, 0.25) is 0 Å². The molecule has 2 atom stereocenters. The minimum Gasteiger partial charge on any atom is -0.480 e. The van der Waals surface area contributed by atoms with Crippen molar-refractivity contribution in [2.45, 2.75) is 32.4 Å². The molecule has 0 radical (unpaired) electrons. The molecule has 2 aliphatic rings. The summed E-state index contributed by atoms with van der Waals surface area (Å²) >= 11 is 0. The van der Waals surface area contributed by atoms with Gasteiger partial charge in [-0.05, 0) is 24.0 Å². The van der Waals surface area contributed by atoms with Gasteiger partial charge in [-0.2, -0.15) is 0 Å². The van der Waals surface area contributed by atoms with Crippen molar-refractivity contribution in [2.24, 2.45) is 11.1 Å². The third-order valence-corrected chi connectivity index (χ3v) is 4.76. The summed E-state index contributed by atoms with van der Waals surface area (Å²) < 4.78 is 4.89. The van der Waals surface area contributed by atoms with Crippen molar-refractivity contribution in [3.05, 3.63) is 35.7 Å². The van der Waals surface area contributed by atoms with Gasteiger partial charge in [0.2, 0.25) is 0 Å². The standard InChI is InChI=1S/C17H19N3O5/c1-17(2)7-11-12(14(21)20(11)13(17)15(22)23)9(8-25-16(18)24)10-5-3-4-6-19-10/h3-6,11,13H,7-8H2,1-2H3,(H2,18,24)(H,22,23)/b12-9+/t11?,13-/m0/s1. The van der Waals surface area contributed by atoms with Crippen LogP contribution < -0.4 is 5.73 Å². The number of nitrogens with zero attached hydrogens (tertiary/aromatic N) is 2. The molecule has 3 heterocycles. The molecule has 1 aromatic rings. The van der Waals surface area contributed by atoms with Crippen LogP contribution in [0.15, 0.2) is 30.0 Å². The Morgan fingerprint density at radius 2 is 2.16 bits per heavy atom. The molecule has 2 aliphatic heterocycles. The summed E-state index contributed by atoms with van der Waals surface area (Å²) in [4.78, 5) is 40.9. The maximum Gasteiger partial charge on any atom is 0.404 e. The lowest BCUT2D eigenvalue weighted by atomic mass is 9.82. The van der Waals surface area contributed by atoms with Gasteiger partial charge in [0, 0.05) is 17.3 Å². The Hall–Kier alpha value is -2.90. The largest absolute Gasteiger partial charge is 0.480 e. The molecule has 0 saturated carbocycles. The van der Waals surface area contributed by atoms with E-state index in [1.807, 2.05) is 13.8 Å². The third kappa shape index (κ3) is 2.73. The highest BCUT2D eigenvalue weighted by atomic mass is 16.5. The van der Waals surface area contributed by atoms with E-state index in [1.54, 1.807) is 24.4 Å². The number of hydrogen-bond acceptors (Lipinski definition) is 5. The van der Waals surface area contributed by atoms with E-state index in [0.717, 1.165) is 0 Å². The van der Waals surface area contributed by atoms with Gasteiger partial charge in [0.15, 0.2) is 0 Å². The predicted octanol–water partition coefficient (Wildman–Crippen LogP) is 1.02. The summed E-state index contributed by atoms with van der Waals surface area (Å²) in [6.07, 6.45) is 1.13. The van der Waals surface area contributed by atoms with Crippen LogP contribution in [0.4, 0.5) is 4.79 Å². The summed E-state index contributed by atoms with van der Waals surface area (Å²) in [5.74, 6) is -1.38. The van der Waals surface area contributed by atoms with Crippen LogP contribution in [-0.2, 0) is 14.3 Å². The first-order valence-electron chi connectivity index (χ1n) is 7.86. The number of nitrogens with two attached hydrogens (primary N) is 1. The van der Waals surface area contributed by atoms with Crippen LogP contribution >= 0.6 is 0 Å². The smallest absolute Gasteiger partial charge is 0.404 e. The molecule has 1 unspecified atom stereocenters. The number of primary amides is 1. The fraction of sp³-hybridized carbons (Fsp3) is 0.412. The second kappa shape index (κ2) is 5.87. The number of β-lactam (4-membered cyclic amide) rings is 1. The number of fused-ring (bicyclic) bond motifs is 1. The maximum absolute atomic E-state index is 12.7. The number of pyridine rings is 1. The molecule has 3 rings (SSSR count). The Balaban J connectivity index is 2.03. The normalized spacial score (nSPS) is 25.8. The summed E-state index contributed by atoms with van der Waals surface area (Å²) in [7, 11) is 0. The van der Waals surface area contributed by atoms with Crippen molar-refractivity contribution in [3.8, 4) is 0 Å². The number of rotatable bonds is 4.